The molecule has 0 saturated carbocycles. The first-order chi connectivity index (χ1) is 9.18. The van der Waals surface area contributed by atoms with Gasteiger partial charge in [0.15, 0.2) is 5.96 Å². The SMILES string of the molecule is Cc1c(CNC2=NCCN2C)n(C)c2ccccc12. The van der Waals surface area contributed by atoms with Gasteiger partial charge in [-0.3, -0.25) is 4.99 Å². The summed E-state index contributed by atoms with van der Waals surface area (Å²) >= 11 is 0. The van der Waals surface area contributed by atoms with E-state index in [2.05, 4.69) is 65.1 Å². The second-order valence-electron chi connectivity index (χ2n) is 5.13. The largest absolute Gasteiger partial charge is 0.351 e. The molecule has 0 spiro atoms. The normalized spacial score (nSPS) is 15.1. The molecule has 100 valence electrons. The Bertz CT molecular complexity index is 600. The minimum Gasteiger partial charge on any atom is -0.351 e. The number of hydrogen-bond donors (Lipinski definition) is 1. The highest BCUT2D eigenvalue weighted by atomic mass is 15.3. The molecule has 1 aliphatic rings. The lowest BCUT2D eigenvalue weighted by molar-refractivity contribution is 0.532. The van der Waals surface area contributed by atoms with E-state index in [4.69, 9.17) is 0 Å². The summed E-state index contributed by atoms with van der Waals surface area (Å²) in [7, 11) is 4.21. The molecular formula is C15H20N4. The highest BCUT2D eigenvalue weighted by Gasteiger charge is 2.15. The Balaban J connectivity index is 1.89. The van der Waals surface area contributed by atoms with Gasteiger partial charge in [-0.25, -0.2) is 0 Å². The molecular weight excluding hydrogens is 236 g/mol. The van der Waals surface area contributed by atoms with Crippen LogP contribution in [0.1, 0.15) is 11.3 Å². The van der Waals surface area contributed by atoms with Crippen molar-refractivity contribution < 1.29 is 0 Å². The van der Waals surface area contributed by atoms with E-state index >= 15 is 0 Å². The van der Waals surface area contributed by atoms with Crippen molar-refractivity contribution in [3.63, 3.8) is 0 Å². The average Bonchev–Trinajstić information content (AvgIpc) is 2.93. The third-order valence-electron chi connectivity index (χ3n) is 3.98. The predicted octanol–water partition coefficient (Wildman–Crippen LogP) is 1.88. The standard InChI is InChI=1S/C15H20N4/c1-11-12-6-4-5-7-13(12)19(3)14(11)10-17-15-16-8-9-18(15)2/h4-7H,8-10H2,1-3H3,(H,16,17). The third-order valence-corrected chi connectivity index (χ3v) is 3.98. The second kappa shape index (κ2) is 4.61. The summed E-state index contributed by atoms with van der Waals surface area (Å²) in [5.41, 5.74) is 3.97. The lowest BCUT2D eigenvalue weighted by Crippen LogP contribution is -2.35. The number of benzene rings is 1. The first kappa shape index (κ1) is 12.1. The number of aromatic nitrogens is 1. The van der Waals surface area contributed by atoms with E-state index in [9.17, 15) is 0 Å². The zero-order valence-corrected chi connectivity index (χ0v) is 11.8. The lowest BCUT2D eigenvalue weighted by Gasteiger charge is -2.16. The van der Waals surface area contributed by atoms with Crippen molar-refractivity contribution in [3.05, 3.63) is 35.5 Å². The van der Waals surface area contributed by atoms with Crippen LogP contribution >= 0.6 is 0 Å². The maximum Gasteiger partial charge on any atom is 0.194 e. The van der Waals surface area contributed by atoms with Gasteiger partial charge in [-0.05, 0) is 18.6 Å². The van der Waals surface area contributed by atoms with Gasteiger partial charge in [0, 0.05) is 37.2 Å². The topological polar surface area (TPSA) is 32.6 Å². The number of nitrogens with one attached hydrogen (secondary N) is 1. The summed E-state index contributed by atoms with van der Waals surface area (Å²) < 4.78 is 2.27. The third kappa shape index (κ3) is 1.97. The number of likely N-dealkylation sites (N-methyl/N-ethyl adjacent to an activating group) is 1. The molecule has 1 aromatic heterocycles. The second-order valence-corrected chi connectivity index (χ2v) is 5.13. The molecule has 3 rings (SSSR count). The smallest absolute Gasteiger partial charge is 0.194 e. The number of nitrogens with zero attached hydrogens (tertiary/aromatic N) is 3. The number of hydrogen-bond acceptors (Lipinski definition) is 3. The zero-order chi connectivity index (χ0) is 13.4. The van der Waals surface area contributed by atoms with Crippen LogP contribution in [0.3, 0.4) is 0 Å². The molecule has 1 aromatic carbocycles. The van der Waals surface area contributed by atoms with Crippen LogP contribution in [0.2, 0.25) is 0 Å². The summed E-state index contributed by atoms with van der Waals surface area (Å²) in [6.45, 7) is 4.92. The van der Waals surface area contributed by atoms with Crippen molar-refractivity contribution in [1.29, 1.82) is 0 Å². The minimum absolute atomic E-state index is 0.820. The van der Waals surface area contributed by atoms with Crippen LogP contribution in [0.4, 0.5) is 0 Å². The number of fused-ring (bicyclic) bond motifs is 1. The summed E-state index contributed by atoms with van der Waals surface area (Å²) in [6, 6.07) is 8.55. The van der Waals surface area contributed by atoms with Crippen molar-refractivity contribution in [2.24, 2.45) is 12.0 Å². The fraction of sp³-hybridized carbons (Fsp3) is 0.400. The number of guanidine groups is 1. The van der Waals surface area contributed by atoms with Crippen LogP contribution < -0.4 is 5.32 Å². The molecule has 4 heteroatoms. The number of rotatable bonds is 2. The quantitative estimate of drug-likeness (QED) is 0.890. The molecule has 2 aromatic rings. The number of aliphatic imine (C=N–C) groups is 1. The van der Waals surface area contributed by atoms with Gasteiger partial charge >= 0.3 is 0 Å². The number of aryl methyl sites for hydroxylation is 2. The van der Waals surface area contributed by atoms with Crippen molar-refractivity contribution in [2.45, 2.75) is 13.5 Å². The molecule has 2 heterocycles. The number of para-hydroxylation sites is 1. The van der Waals surface area contributed by atoms with Crippen molar-refractivity contribution in [1.82, 2.24) is 14.8 Å². The maximum atomic E-state index is 4.47. The Morgan fingerprint density at radius 1 is 1.26 bits per heavy atom. The molecule has 1 aliphatic heterocycles. The lowest BCUT2D eigenvalue weighted by atomic mass is 10.1. The van der Waals surface area contributed by atoms with Crippen LogP contribution in [0, 0.1) is 6.92 Å². The summed E-state index contributed by atoms with van der Waals surface area (Å²) in [5.74, 6) is 1.00. The van der Waals surface area contributed by atoms with E-state index < -0.39 is 0 Å². The molecule has 0 atom stereocenters. The fourth-order valence-corrected chi connectivity index (χ4v) is 2.77. The molecule has 0 aliphatic carbocycles. The van der Waals surface area contributed by atoms with Crippen molar-refractivity contribution in [3.8, 4) is 0 Å². The van der Waals surface area contributed by atoms with E-state index in [0.717, 1.165) is 25.6 Å². The molecule has 0 amide bonds. The van der Waals surface area contributed by atoms with Crippen LogP contribution in [0.5, 0.6) is 0 Å². The Hall–Kier alpha value is -1.97. The maximum absolute atomic E-state index is 4.47. The van der Waals surface area contributed by atoms with E-state index in [1.807, 2.05) is 0 Å². The summed E-state index contributed by atoms with van der Waals surface area (Å²) in [5, 5.41) is 4.78. The van der Waals surface area contributed by atoms with Gasteiger partial charge in [-0.1, -0.05) is 18.2 Å². The Kier molecular flexibility index (Phi) is 2.93. The highest BCUT2D eigenvalue weighted by Crippen LogP contribution is 2.24. The molecule has 0 fully saturated rings. The van der Waals surface area contributed by atoms with Crippen molar-refractivity contribution in [2.75, 3.05) is 20.1 Å². The van der Waals surface area contributed by atoms with Gasteiger partial charge in [-0.15, -0.1) is 0 Å². The summed E-state index contributed by atoms with van der Waals surface area (Å²) in [6.07, 6.45) is 0. The Morgan fingerprint density at radius 3 is 2.74 bits per heavy atom. The van der Waals surface area contributed by atoms with E-state index in [1.54, 1.807) is 0 Å². The fourth-order valence-electron chi connectivity index (χ4n) is 2.77. The van der Waals surface area contributed by atoms with Crippen LogP contribution in [0.15, 0.2) is 29.3 Å². The molecule has 4 nitrogen and oxygen atoms in total. The van der Waals surface area contributed by atoms with E-state index in [0.29, 0.717) is 0 Å². The Labute approximate surface area is 113 Å². The van der Waals surface area contributed by atoms with Crippen molar-refractivity contribution >= 4 is 16.9 Å². The van der Waals surface area contributed by atoms with E-state index in [1.165, 1.54) is 22.2 Å². The van der Waals surface area contributed by atoms with Crippen LogP contribution in [-0.2, 0) is 13.6 Å². The average molecular weight is 256 g/mol. The van der Waals surface area contributed by atoms with Gasteiger partial charge in [0.25, 0.3) is 0 Å². The molecule has 0 saturated heterocycles. The molecule has 0 bridgehead atoms. The molecule has 0 unspecified atom stereocenters. The Morgan fingerprint density at radius 2 is 2.05 bits per heavy atom. The van der Waals surface area contributed by atoms with Crippen LogP contribution in [0.25, 0.3) is 10.9 Å². The minimum atomic E-state index is 0.820. The van der Waals surface area contributed by atoms with Gasteiger partial charge < -0.3 is 14.8 Å². The highest BCUT2D eigenvalue weighted by molar-refractivity contribution is 5.86. The summed E-state index contributed by atoms with van der Waals surface area (Å²) in [4.78, 5) is 6.63. The zero-order valence-electron chi connectivity index (χ0n) is 11.8. The van der Waals surface area contributed by atoms with Gasteiger partial charge in [0.1, 0.15) is 0 Å². The molecule has 19 heavy (non-hydrogen) atoms. The monoisotopic (exact) mass is 256 g/mol. The first-order valence-electron chi connectivity index (χ1n) is 6.71. The van der Waals surface area contributed by atoms with Gasteiger partial charge in [0.05, 0.1) is 13.1 Å². The van der Waals surface area contributed by atoms with Crippen LogP contribution in [-0.4, -0.2) is 35.6 Å². The predicted molar refractivity (Wildman–Crippen MR) is 79.4 cm³/mol. The van der Waals surface area contributed by atoms with Gasteiger partial charge in [-0.2, -0.15) is 0 Å². The van der Waals surface area contributed by atoms with E-state index in [-0.39, 0.29) is 0 Å². The molecule has 0 radical (unpaired) electrons. The molecule has 1 N–H and O–H groups in total. The van der Waals surface area contributed by atoms with Gasteiger partial charge in [0.2, 0.25) is 0 Å². The first-order valence-corrected chi connectivity index (χ1v) is 6.71.